The van der Waals surface area contributed by atoms with Crippen molar-refractivity contribution in [1.29, 1.82) is 0 Å². The Kier molecular flexibility index (Phi) is 4.32. The van der Waals surface area contributed by atoms with Crippen LogP contribution in [0.1, 0.15) is 13.8 Å². The van der Waals surface area contributed by atoms with Crippen LogP contribution < -0.4 is 0 Å². The zero-order chi connectivity index (χ0) is 8.15. The van der Waals surface area contributed by atoms with E-state index in [1.807, 2.05) is 13.8 Å². The Bertz CT molecular complexity index is 101. The van der Waals surface area contributed by atoms with Crippen molar-refractivity contribution in [2.24, 2.45) is 11.8 Å². The highest BCUT2D eigenvalue weighted by Crippen LogP contribution is 2.15. The normalized spacial score (nSPS) is 19.6. The zero-order valence-electron chi connectivity index (χ0n) is 6.62. The van der Waals surface area contributed by atoms with Crippen LogP contribution in [0.4, 0.5) is 0 Å². The third-order valence-corrected chi connectivity index (χ3v) is 2.00. The smallest absolute Gasteiger partial charge is 0.0801 e. The van der Waals surface area contributed by atoms with Gasteiger partial charge in [0.1, 0.15) is 0 Å². The first-order valence-electron chi connectivity index (χ1n) is 3.55. The van der Waals surface area contributed by atoms with Crippen molar-refractivity contribution >= 4 is 0 Å². The minimum atomic E-state index is -0.618. The maximum atomic E-state index is 9.13. The molecule has 0 aromatic rings. The second kappa shape index (κ2) is 4.47. The summed E-state index contributed by atoms with van der Waals surface area (Å²) in [6.07, 6.45) is 1.16. The molecule has 2 nitrogen and oxygen atoms in total. The molecule has 2 heteroatoms. The summed E-state index contributed by atoms with van der Waals surface area (Å²) >= 11 is 0. The summed E-state index contributed by atoms with van der Waals surface area (Å²) in [6.45, 7) is 7.30. The number of hydrogen-bond donors (Lipinski definition) is 2. The van der Waals surface area contributed by atoms with Crippen molar-refractivity contribution in [2.75, 3.05) is 6.61 Å². The molecule has 0 bridgehead atoms. The molecule has 0 fully saturated rings. The Morgan fingerprint density at radius 2 is 2.00 bits per heavy atom. The summed E-state index contributed by atoms with van der Waals surface area (Å²) in [5.41, 5.74) is 0. The third kappa shape index (κ3) is 2.50. The van der Waals surface area contributed by atoms with E-state index in [0.717, 1.165) is 0 Å². The minimum absolute atomic E-state index is 0.0856. The van der Waals surface area contributed by atoms with Crippen LogP contribution in [0.3, 0.4) is 0 Å². The fourth-order valence-electron chi connectivity index (χ4n) is 0.731. The molecule has 0 saturated carbocycles. The predicted molar refractivity (Wildman–Crippen MR) is 41.6 cm³/mol. The zero-order valence-corrected chi connectivity index (χ0v) is 6.62. The van der Waals surface area contributed by atoms with Crippen LogP contribution in [-0.4, -0.2) is 22.9 Å². The van der Waals surface area contributed by atoms with Crippen LogP contribution in [0.5, 0.6) is 0 Å². The largest absolute Gasteiger partial charge is 0.394 e. The highest BCUT2D eigenvalue weighted by molar-refractivity contribution is 4.82. The SMILES string of the molecule is C=C[C@@H](C)[C@H](C)[C@@H](O)CO. The molecular formula is C8H16O2. The lowest BCUT2D eigenvalue weighted by Gasteiger charge is -2.20. The summed E-state index contributed by atoms with van der Waals surface area (Å²) < 4.78 is 0. The Morgan fingerprint density at radius 3 is 2.30 bits per heavy atom. The highest BCUT2D eigenvalue weighted by atomic mass is 16.3. The van der Waals surface area contributed by atoms with E-state index in [4.69, 9.17) is 10.2 Å². The first-order chi connectivity index (χ1) is 4.63. The van der Waals surface area contributed by atoms with Crippen molar-refractivity contribution in [3.63, 3.8) is 0 Å². The standard InChI is InChI=1S/C8H16O2/c1-4-6(2)7(3)8(10)5-9/h4,6-10H,1,5H2,2-3H3/t6-,7+,8+/m1/s1. The molecule has 60 valence electrons. The van der Waals surface area contributed by atoms with Crippen LogP contribution in [0.25, 0.3) is 0 Å². The van der Waals surface area contributed by atoms with Gasteiger partial charge in [-0.05, 0) is 11.8 Å². The lowest BCUT2D eigenvalue weighted by molar-refractivity contribution is 0.0411. The molecule has 0 aliphatic carbocycles. The molecule has 0 radical (unpaired) electrons. The van der Waals surface area contributed by atoms with Gasteiger partial charge in [0.15, 0.2) is 0 Å². The van der Waals surface area contributed by atoms with Crippen molar-refractivity contribution in [2.45, 2.75) is 20.0 Å². The second-order valence-corrected chi connectivity index (χ2v) is 2.70. The van der Waals surface area contributed by atoms with Crippen LogP contribution >= 0.6 is 0 Å². The van der Waals surface area contributed by atoms with Crippen LogP contribution in [0.2, 0.25) is 0 Å². The fraction of sp³-hybridized carbons (Fsp3) is 0.750. The molecule has 0 spiro atoms. The molecule has 3 atom stereocenters. The number of hydrogen-bond acceptors (Lipinski definition) is 2. The van der Waals surface area contributed by atoms with Gasteiger partial charge in [-0.15, -0.1) is 6.58 Å². The van der Waals surface area contributed by atoms with E-state index in [2.05, 4.69) is 6.58 Å². The van der Waals surface area contributed by atoms with Crippen LogP contribution in [-0.2, 0) is 0 Å². The topological polar surface area (TPSA) is 40.5 Å². The third-order valence-electron chi connectivity index (χ3n) is 2.00. The van der Waals surface area contributed by atoms with Crippen molar-refractivity contribution in [3.05, 3.63) is 12.7 Å². The second-order valence-electron chi connectivity index (χ2n) is 2.70. The van der Waals surface area contributed by atoms with Gasteiger partial charge in [-0.3, -0.25) is 0 Å². The van der Waals surface area contributed by atoms with E-state index in [1.165, 1.54) is 0 Å². The number of allylic oxidation sites excluding steroid dienone is 1. The van der Waals surface area contributed by atoms with Gasteiger partial charge in [0.25, 0.3) is 0 Å². The summed E-state index contributed by atoms with van der Waals surface area (Å²) in [5, 5.41) is 17.7. The van der Waals surface area contributed by atoms with Gasteiger partial charge in [0.2, 0.25) is 0 Å². The number of aliphatic hydroxyl groups is 2. The number of aliphatic hydroxyl groups excluding tert-OH is 2. The first kappa shape index (κ1) is 9.66. The quantitative estimate of drug-likeness (QED) is 0.573. The summed E-state index contributed by atoms with van der Waals surface area (Å²) in [6, 6.07) is 0. The summed E-state index contributed by atoms with van der Waals surface area (Å²) in [5.74, 6) is 0.338. The van der Waals surface area contributed by atoms with E-state index >= 15 is 0 Å². The highest BCUT2D eigenvalue weighted by Gasteiger charge is 2.16. The van der Waals surface area contributed by atoms with Crippen molar-refractivity contribution < 1.29 is 10.2 Å². The molecule has 0 aromatic carbocycles. The molecule has 0 aliphatic heterocycles. The molecule has 0 aliphatic rings. The molecule has 10 heavy (non-hydrogen) atoms. The lowest BCUT2D eigenvalue weighted by atomic mass is 9.91. The van der Waals surface area contributed by atoms with E-state index in [1.54, 1.807) is 6.08 Å². The van der Waals surface area contributed by atoms with E-state index in [-0.39, 0.29) is 18.4 Å². The van der Waals surface area contributed by atoms with E-state index < -0.39 is 6.10 Å². The van der Waals surface area contributed by atoms with Crippen molar-refractivity contribution in [3.8, 4) is 0 Å². The van der Waals surface area contributed by atoms with Gasteiger partial charge in [-0.25, -0.2) is 0 Å². The lowest BCUT2D eigenvalue weighted by Crippen LogP contribution is -2.25. The van der Waals surface area contributed by atoms with Gasteiger partial charge in [-0.1, -0.05) is 19.9 Å². The van der Waals surface area contributed by atoms with Gasteiger partial charge in [-0.2, -0.15) is 0 Å². The Balaban J connectivity index is 3.80. The first-order valence-corrected chi connectivity index (χ1v) is 3.55. The molecule has 0 amide bonds. The summed E-state index contributed by atoms with van der Waals surface area (Å²) in [4.78, 5) is 0. The average Bonchev–Trinajstić information content (AvgIpc) is 2.00. The average molecular weight is 144 g/mol. The fourth-order valence-corrected chi connectivity index (χ4v) is 0.731. The maximum Gasteiger partial charge on any atom is 0.0801 e. The van der Waals surface area contributed by atoms with Gasteiger partial charge >= 0.3 is 0 Å². The molecular weight excluding hydrogens is 128 g/mol. The molecule has 0 aromatic heterocycles. The monoisotopic (exact) mass is 144 g/mol. The Labute approximate surface area is 62.2 Å². The Hall–Kier alpha value is -0.340. The maximum absolute atomic E-state index is 9.13. The van der Waals surface area contributed by atoms with Crippen molar-refractivity contribution in [1.82, 2.24) is 0 Å². The molecule has 0 unspecified atom stereocenters. The minimum Gasteiger partial charge on any atom is -0.394 e. The van der Waals surface area contributed by atoms with Gasteiger partial charge in [0.05, 0.1) is 12.7 Å². The predicted octanol–water partition coefficient (Wildman–Crippen LogP) is 0.798. The van der Waals surface area contributed by atoms with Gasteiger partial charge < -0.3 is 10.2 Å². The molecule has 0 rings (SSSR count). The summed E-state index contributed by atoms with van der Waals surface area (Å²) in [7, 11) is 0. The molecule has 0 heterocycles. The van der Waals surface area contributed by atoms with Crippen LogP contribution in [0.15, 0.2) is 12.7 Å². The number of rotatable bonds is 4. The van der Waals surface area contributed by atoms with Crippen LogP contribution in [0, 0.1) is 11.8 Å². The van der Waals surface area contributed by atoms with E-state index in [0.29, 0.717) is 0 Å². The van der Waals surface area contributed by atoms with E-state index in [9.17, 15) is 0 Å². The Morgan fingerprint density at radius 1 is 1.50 bits per heavy atom. The molecule has 0 saturated heterocycles. The molecule has 2 N–H and O–H groups in total. The van der Waals surface area contributed by atoms with Gasteiger partial charge in [0, 0.05) is 0 Å².